The molecule has 3 aromatic rings. The summed E-state index contributed by atoms with van der Waals surface area (Å²) in [5, 5.41) is 4.19. The number of pyridine rings is 1. The van der Waals surface area contributed by atoms with Gasteiger partial charge in [-0.1, -0.05) is 41.1 Å². The molecule has 138 valence electrons. The van der Waals surface area contributed by atoms with E-state index in [-0.39, 0.29) is 12.1 Å². The van der Waals surface area contributed by atoms with Crippen LogP contribution in [0.4, 0.5) is 0 Å². The van der Waals surface area contributed by atoms with Crippen molar-refractivity contribution in [3.05, 3.63) is 76.7 Å². The average molecular weight is 442 g/mol. The smallest absolute Gasteiger partial charge is 0.170 e. The second kappa shape index (κ2) is 7.82. The van der Waals surface area contributed by atoms with E-state index in [1.54, 1.807) is 0 Å². The number of halogens is 1. The molecule has 2 atom stereocenters. The van der Waals surface area contributed by atoms with E-state index in [1.165, 1.54) is 0 Å². The molecular formula is C21H20BrN3OS. The van der Waals surface area contributed by atoms with Gasteiger partial charge in [0.15, 0.2) is 5.11 Å². The summed E-state index contributed by atoms with van der Waals surface area (Å²) in [5.41, 5.74) is 2.01. The maximum atomic E-state index is 6.29. The minimum atomic E-state index is -0.0332. The monoisotopic (exact) mass is 441 g/mol. The van der Waals surface area contributed by atoms with Gasteiger partial charge in [0.25, 0.3) is 0 Å². The zero-order valence-electron chi connectivity index (χ0n) is 14.9. The second-order valence-electron chi connectivity index (χ2n) is 6.53. The third-order valence-electron chi connectivity index (χ3n) is 4.71. The van der Waals surface area contributed by atoms with Crippen molar-refractivity contribution in [3.63, 3.8) is 0 Å². The maximum Gasteiger partial charge on any atom is 0.170 e. The highest BCUT2D eigenvalue weighted by molar-refractivity contribution is 9.10. The van der Waals surface area contributed by atoms with Crippen LogP contribution in [0.2, 0.25) is 0 Å². The SMILES string of the molecule is CCCN1C(=S)N[C@@H](c2ccccn2)[C@H]1c1ccc(-c2ccc(Br)cc2)o1. The van der Waals surface area contributed by atoms with Gasteiger partial charge in [-0.25, -0.2) is 0 Å². The van der Waals surface area contributed by atoms with Crippen LogP contribution in [0, 0.1) is 0 Å². The van der Waals surface area contributed by atoms with Crippen molar-refractivity contribution in [1.29, 1.82) is 0 Å². The topological polar surface area (TPSA) is 41.3 Å². The fourth-order valence-electron chi connectivity index (χ4n) is 3.48. The van der Waals surface area contributed by atoms with Crippen LogP contribution < -0.4 is 5.32 Å². The summed E-state index contributed by atoms with van der Waals surface area (Å²) in [4.78, 5) is 6.75. The van der Waals surface area contributed by atoms with Crippen LogP contribution in [0.15, 0.2) is 69.7 Å². The lowest BCUT2D eigenvalue weighted by molar-refractivity contribution is 0.275. The first-order valence-corrected chi connectivity index (χ1v) is 10.2. The summed E-state index contributed by atoms with van der Waals surface area (Å²) in [6.07, 6.45) is 2.82. The second-order valence-corrected chi connectivity index (χ2v) is 7.83. The Labute approximate surface area is 172 Å². The van der Waals surface area contributed by atoms with E-state index in [4.69, 9.17) is 16.6 Å². The number of hydrogen-bond donors (Lipinski definition) is 1. The number of thiocarbonyl (C=S) groups is 1. The fourth-order valence-corrected chi connectivity index (χ4v) is 4.07. The lowest BCUT2D eigenvalue weighted by Crippen LogP contribution is -2.30. The third kappa shape index (κ3) is 3.64. The summed E-state index contributed by atoms with van der Waals surface area (Å²) >= 11 is 9.09. The Morgan fingerprint density at radius 3 is 2.67 bits per heavy atom. The van der Waals surface area contributed by atoms with Gasteiger partial charge in [0.05, 0.1) is 11.7 Å². The minimum absolute atomic E-state index is 0.0171. The summed E-state index contributed by atoms with van der Waals surface area (Å²) in [5.74, 6) is 1.75. The number of furan rings is 1. The van der Waals surface area contributed by atoms with Crippen LogP contribution in [0.1, 0.15) is 36.9 Å². The average Bonchev–Trinajstić information content (AvgIpc) is 3.29. The van der Waals surface area contributed by atoms with Crippen LogP contribution in [-0.4, -0.2) is 21.5 Å². The Balaban J connectivity index is 1.71. The number of nitrogens with zero attached hydrogens (tertiary/aromatic N) is 2. The first-order chi connectivity index (χ1) is 13.2. The van der Waals surface area contributed by atoms with E-state index in [1.807, 2.05) is 54.7 Å². The molecule has 1 saturated heterocycles. The van der Waals surface area contributed by atoms with Crippen LogP contribution in [0.3, 0.4) is 0 Å². The van der Waals surface area contributed by atoms with Crippen molar-refractivity contribution < 1.29 is 4.42 Å². The van der Waals surface area contributed by atoms with Crippen molar-refractivity contribution in [2.24, 2.45) is 0 Å². The van der Waals surface area contributed by atoms with E-state index < -0.39 is 0 Å². The van der Waals surface area contributed by atoms with E-state index >= 15 is 0 Å². The summed E-state index contributed by atoms with van der Waals surface area (Å²) < 4.78 is 7.33. The van der Waals surface area contributed by atoms with Crippen LogP contribution in [0.25, 0.3) is 11.3 Å². The number of aromatic nitrogens is 1. The minimum Gasteiger partial charge on any atom is -0.459 e. The molecule has 0 spiro atoms. The van der Waals surface area contributed by atoms with Crippen LogP contribution in [-0.2, 0) is 0 Å². The first-order valence-electron chi connectivity index (χ1n) is 9.01. The standard InChI is InChI=1S/C21H20BrN3OS/c1-2-13-25-20(19(24-21(25)27)16-5-3-4-12-23-16)18-11-10-17(26-18)14-6-8-15(22)9-7-14/h3-12,19-20H,2,13H2,1H3,(H,24,27)/t19-,20+/m0/s1. The van der Waals surface area contributed by atoms with Gasteiger partial charge in [-0.15, -0.1) is 0 Å². The van der Waals surface area contributed by atoms with Gasteiger partial charge in [0.1, 0.15) is 17.6 Å². The molecule has 4 nitrogen and oxygen atoms in total. The molecule has 1 aromatic carbocycles. The van der Waals surface area contributed by atoms with Crippen molar-refractivity contribution in [2.45, 2.75) is 25.4 Å². The lowest BCUT2D eigenvalue weighted by Gasteiger charge is -2.25. The Morgan fingerprint density at radius 2 is 1.96 bits per heavy atom. The van der Waals surface area contributed by atoms with Gasteiger partial charge in [-0.05, 0) is 55.0 Å². The molecule has 1 aliphatic rings. The van der Waals surface area contributed by atoms with Crippen molar-refractivity contribution in [1.82, 2.24) is 15.2 Å². The predicted molar refractivity (Wildman–Crippen MR) is 114 cm³/mol. The van der Waals surface area contributed by atoms with Gasteiger partial charge >= 0.3 is 0 Å². The van der Waals surface area contributed by atoms with Gasteiger partial charge in [-0.2, -0.15) is 0 Å². The molecule has 0 aliphatic carbocycles. The summed E-state index contributed by atoms with van der Waals surface area (Å²) in [6.45, 7) is 3.03. The zero-order chi connectivity index (χ0) is 18.8. The molecule has 27 heavy (non-hydrogen) atoms. The van der Waals surface area contributed by atoms with Gasteiger partial charge in [0.2, 0.25) is 0 Å². The normalized spacial score (nSPS) is 19.3. The molecule has 4 rings (SSSR count). The van der Waals surface area contributed by atoms with Crippen LogP contribution >= 0.6 is 28.1 Å². The Morgan fingerprint density at radius 1 is 1.15 bits per heavy atom. The Bertz CT molecular complexity index is 926. The lowest BCUT2D eigenvalue weighted by atomic mass is 10.0. The van der Waals surface area contributed by atoms with Gasteiger partial charge in [-0.3, -0.25) is 4.98 Å². The molecule has 1 N–H and O–H groups in total. The number of nitrogens with one attached hydrogen (secondary N) is 1. The van der Waals surface area contributed by atoms with Crippen molar-refractivity contribution >= 4 is 33.3 Å². The molecular weight excluding hydrogens is 422 g/mol. The Kier molecular flexibility index (Phi) is 5.27. The largest absolute Gasteiger partial charge is 0.459 e. The molecule has 3 heterocycles. The van der Waals surface area contributed by atoms with E-state index in [9.17, 15) is 0 Å². The van der Waals surface area contributed by atoms with Gasteiger partial charge < -0.3 is 14.6 Å². The number of hydrogen-bond acceptors (Lipinski definition) is 3. The quantitative estimate of drug-likeness (QED) is 0.530. The predicted octanol–water partition coefficient (Wildman–Crippen LogP) is 5.49. The molecule has 0 saturated carbocycles. The fraction of sp³-hybridized carbons (Fsp3) is 0.238. The maximum absolute atomic E-state index is 6.29. The zero-order valence-corrected chi connectivity index (χ0v) is 17.3. The molecule has 2 aromatic heterocycles. The van der Waals surface area contributed by atoms with E-state index in [2.05, 4.69) is 44.1 Å². The number of rotatable bonds is 5. The van der Waals surface area contributed by atoms with Gasteiger partial charge in [0, 0.05) is 22.8 Å². The summed E-state index contributed by atoms with van der Waals surface area (Å²) in [6, 6.07) is 18.1. The summed E-state index contributed by atoms with van der Waals surface area (Å²) in [7, 11) is 0. The number of benzene rings is 1. The highest BCUT2D eigenvalue weighted by Gasteiger charge is 2.41. The molecule has 0 radical (unpaired) electrons. The van der Waals surface area contributed by atoms with E-state index in [0.29, 0.717) is 0 Å². The molecule has 1 aliphatic heterocycles. The molecule has 1 fully saturated rings. The highest BCUT2D eigenvalue weighted by Crippen LogP contribution is 2.40. The molecule has 6 heteroatoms. The molecule has 0 bridgehead atoms. The van der Waals surface area contributed by atoms with E-state index in [0.717, 1.165) is 45.3 Å². The Hall–Kier alpha value is -2.18. The molecule has 0 amide bonds. The van der Waals surface area contributed by atoms with Crippen molar-refractivity contribution in [2.75, 3.05) is 6.54 Å². The highest BCUT2D eigenvalue weighted by atomic mass is 79.9. The third-order valence-corrected chi connectivity index (χ3v) is 5.59. The molecule has 0 unspecified atom stereocenters. The van der Waals surface area contributed by atoms with Crippen molar-refractivity contribution in [3.8, 4) is 11.3 Å². The first kappa shape index (κ1) is 18.2. The van der Waals surface area contributed by atoms with Crippen LogP contribution in [0.5, 0.6) is 0 Å².